The molecule has 4 atom stereocenters. The van der Waals surface area contributed by atoms with E-state index >= 15 is 0 Å². The summed E-state index contributed by atoms with van der Waals surface area (Å²) < 4.78 is 12.7. The largest absolute Gasteiger partial charge is 0.393 e. The van der Waals surface area contributed by atoms with E-state index in [9.17, 15) is 5.11 Å². The van der Waals surface area contributed by atoms with Gasteiger partial charge < -0.3 is 14.6 Å². The third-order valence-corrected chi connectivity index (χ3v) is 7.48. The first kappa shape index (κ1) is 14.4. The van der Waals surface area contributed by atoms with Crippen molar-refractivity contribution in [1.82, 2.24) is 0 Å². The van der Waals surface area contributed by atoms with Crippen LogP contribution in [-0.2, 0) is 27.1 Å². The molecular weight excluding hydrogens is 288 g/mol. The molecule has 1 N–H and O–H groups in total. The molecule has 5 aliphatic rings. The Morgan fingerprint density at radius 2 is 2.04 bits per heavy atom. The van der Waals surface area contributed by atoms with Crippen LogP contribution in [0.4, 0.5) is 0 Å². The molecule has 0 aromatic heterocycles. The molecule has 3 nitrogen and oxygen atoms in total. The van der Waals surface area contributed by atoms with Crippen LogP contribution in [0.25, 0.3) is 0 Å². The molecule has 3 heteroatoms. The Morgan fingerprint density at radius 1 is 1.22 bits per heavy atom. The summed E-state index contributed by atoms with van der Waals surface area (Å²) in [5.74, 6) is -0.149. The summed E-state index contributed by atoms with van der Waals surface area (Å²) in [6.07, 6.45) is 3.54. The zero-order chi connectivity index (χ0) is 16.0. The second-order valence-electron chi connectivity index (χ2n) is 8.71. The Morgan fingerprint density at radius 3 is 2.87 bits per heavy atom. The SMILES string of the molecule is Cc1ccc2c3c1CCO[C@]31C[C@H]3C(C)(C)[C@@H](O)CC[C@]23CO1. The maximum atomic E-state index is 10.6. The van der Waals surface area contributed by atoms with Crippen LogP contribution in [0.5, 0.6) is 0 Å². The zero-order valence-electron chi connectivity index (χ0n) is 14.3. The minimum Gasteiger partial charge on any atom is -0.393 e. The molecule has 2 bridgehead atoms. The summed E-state index contributed by atoms with van der Waals surface area (Å²) in [4.78, 5) is 0. The van der Waals surface area contributed by atoms with Crippen molar-refractivity contribution in [2.45, 2.75) is 63.8 Å². The first-order valence-electron chi connectivity index (χ1n) is 9.00. The van der Waals surface area contributed by atoms with Crippen molar-refractivity contribution in [3.05, 3.63) is 34.4 Å². The average Bonchev–Trinajstić information content (AvgIpc) is 2.54. The van der Waals surface area contributed by atoms with Crippen LogP contribution in [0.1, 0.15) is 55.4 Å². The number of hydrogen-bond donors (Lipinski definition) is 1. The van der Waals surface area contributed by atoms with Gasteiger partial charge in [-0.05, 0) is 54.2 Å². The highest BCUT2D eigenvalue weighted by Crippen LogP contribution is 2.66. The lowest BCUT2D eigenvalue weighted by Crippen LogP contribution is -2.66. The topological polar surface area (TPSA) is 38.7 Å². The molecule has 2 aliphatic carbocycles. The Bertz CT molecular complexity index is 694. The Hall–Kier alpha value is -0.900. The predicted molar refractivity (Wildman–Crippen MR) is 87.3 cm³/mol. The molecule has 3 heterocycles. The zero-order valence-corrected chi connectivity index (χ0v) is 14.3. The Balaban J connectivity index is 1.80. The minimum absolute atomic E-state index is 0.0585. The summed E-state index contributed by atoms with van der Waals surface area (Å²) in [5, 5.41) is 10.6. The highest BCUT2D eigenvalue weighted by Gasteiger charge is 2.66. The molecular formula is C20H26O3. The van der Waals surface area contributed by atoms with E-state index in [1.807, 2.05) is 0 Å². The van der Waals surface area contributed by atoms with Crippen molar-refractivity contribution >= 4 is 0 Å². The van der Waals surface area contributed by atoms with E-state index < -0.39 is 5.79 Å². The fourth-order valence-corrected chi connectivity index (χ4v) is 6.08. The molecule has 1 saturated heterocycles. The molecule has 1 aromatic carbocycles. The molecule has 23 heavy (non-hydrogen) atoms. The van der Waals surface area contributed by atoms with Gasteiger partial charge in [-0.2, -0.15) is 0 Å². The molecule has 124 valence electrons. The van der Waals surface area contributed by atoms with E-state index in [1.54, 1.807) is 0 Å². The van der Waals surface area contributed by atoms with E-state index in [1.165, 1.54) is 22.3 Å². The highest BCUT2D eigenvalue weighted by molar-refractivity contribution is 5.52. The number of ether oxygens (including phenoxy) is 2. The third-order valence-electron chi connectivity index (χ3n) is 7.48. The van der Waals surface area contributed by atoms with Gasteiger partial charge in [-0.15, -0.1) is 0 Å². The molecule has 2 fully saturated rings. The van der Waals surface area contributed by atoms with Gasteiger partial charge >= 0.3 is 0 Å². The van der Waals surface area contributed by atoms with E-state index in [4.69, 9.17) is 9.47 Å². The lowest BCUT2D eigenvalue weighted by Gasteiger charge is -2.65. The maximum absolute atomic E-state index is 10.6. The van der Waals surface area contributed by atoms with E-state index in [2.05, 4.69) is 32.9 Å². The molecule has 0 radical (unpaired) electrons. The second-order valence-corrected chi connectivity index (χ2v) is 8.71. The predicted octanol–water partition coefficient (Wildman–Crippen LogP) is 3.19. The number of aliphatic hydroxyl groups excluding tert-OH is 1. The summed E-state index contributed by atoms with van der Waals surface area (Å²) in [5.41, 5.74) is 5.58. The van der Waals surface area contributed by atoms with Gasteiger partial charge in [0, 0.05) is 17.4 Å². The Kier molecular flexibility index (Phi) is 2.63. The van der Waals surface area contributed by atoms with E-state index in [-0.39, 0.29) is 16.9 Å². The lowest BCUT2D eigenvalue weighted by atomic mass is 9.46. The standard InChI is InChI=1S/C20H26O3/c1-12-4-5-14-17-13(12)7-9-22-20(17)10-15-18(2,3)16(21)6-8-19(14,15)11-23-20/h4-5,15-16,21H,6-11H2,1-3H3/t15-,16-,19-,20-/m0/s1. The van der Waals surface area contributed by atoms with Crippen molar-refractivity contribution in [2.24, 2.45) is 11.3 Å². The van der Waals surface area contributed by atoms with Crippen molar-refractivity contribution in [2.75, 3.05) is 13.2 Å². The lowest BCUT2D eigenvalue weighted by molar-refractivity contribution is -0.328. The van der Waals surface area contributed by atoms with Crippen LogP contribution in [0, 0.1) is 18.3 Å². The van der Waals surface area contributed by atoms with Crippen LogP contribution in [0.15, 0.2) is 12.1 Å². The second kappa shape index (κ2) is 4.19. The van der Waals surface area contributed by atoms with E-state index in [0.29, 0.717) is 5.92 Å². The summed E-state index contributed by atoms with van der Waals surface area (Å²) in [7, 11) is 0. The van der Waals surface area contributed by atoms with Crippen LogP contribution in [-0.4, -0.2) is 24.4 Å². The summed E-state index contributed by atoms with van der Waals surface area (Å²) >= 11 is 0. The van der Waals surface area contributed by atoms with Crippen molar-refractivity contribution in [3.63, 3.8) is 0 Å². The van der Waals surface area contributed by atoms with Crippen molar-refractivity contribution in [3.8, 4) is 0 Å². The molecule has 3 aliphatic heterocycles. The molecule has 1 saturated carbocycles. The number of aliphatic hydroxyl groups is 1. The first-order chi connectivity index (χ1) is 10.9. The quantitative estimate of drug-likeness (QED) is 0.799. The van der Waals surface area contributed by atoms with Crippen LogP contribution in [0.3, 0.4) is 0 Å². The van der Waals surface area contributed by atoms with Crippen LogP contribution in [0.2, 0.25) is 0 Å². The number of hydrogen-bond acceptors (Lipinski definition) is 3. The fraction of sp³-hybridized carbons (Fsp3) is 0.700. The highest BCUT2D eigenvalue weighted by atomic mass is 16.7. The van der Waals surface area contributed by atoms with Gasteiger partial charge in [0.25, 0.3) is 0 Å². The third kappa shape index (κ3) is 1.52. The Labute approximate surface area is 138 Å². The van der Waals surface area contributed by atoms with Crippen molar-refractivity contribution in [1.29, 1.82) is 0 Å². The van der Waals surface area contributed by atoms with Gasteiger partial charge in [-0.1, -0.05) is 26.0 Å². The molecule has 1 aromatic rings. The average molecular weight is 314 g/mol. The molecule has 2 spiro atoms. The number of rotatable bonds is 0. The normalized spacial score (nSPS) is 43.0. The summed E-state index contributed by atoms with van der Waals surface area (Å²) in [6, 6.07) is 4.62. The number of aryl methyl sites for hydroxylation is 1. The van der Waals surface area contributed by atoms with Crippen molar-refractivity contribution < 1.29 is 14.6 Å². The summed E-state index contributed by atoms with van der Waals surface area (Å²) in [6.45, 7) is 8.15. The fourth-order valence-electron chi connectivity index (χ4n) is 6.08. The van der Waals surface area contributed by atoms with E-state index in [0.717, 1.165) is 38.9 Å². The van der Waals surface area contributed by atoms with Gasteiger partial charge in [0.2, 0.25) is 0 Å². The molecule has 0 unspecified atom stereocenters. The molecule has 0 amide bonds. The van der Waals surface area contributed by atoms with Gasteiger partial charge in [0.05, 0.1) is 19.3 Å². The van der Waals surface area contributed by atoms with Crippen LogP contribution < -0.4 is 0 Å². The number of fused-ring (bicyclic) bond motifs is 1. The monoisotopic (exact) mass is 314 g/mol. The van der Waals surface area contributed by atoms with Gasteiger partial charge in [0.1, 0.15) is 0 Å². The number of benzene rings is 1. The molecule has 6 rings (SSSR count). The smallest absolute Gasteiger partial charge is 0.195 e. The van der Waals surface area contributed by atoms with Gasteiger partial charge in [-0.25, -0.2) is 0 Å². The maximum Gasteiger partial charge on any atom is 0.195 e. The van der Waals surface area contributed by atoms with Crippen LogP contribution >= 0.6 is 0 Å². The minimum atomic E-state index is -0.560. The van der Waals surface area contributed by atoms with Gasteiger partial charge in [0.15, 0.2) is 5.79 Å². The first-order valence-corrected chi connectivity index (χ1v) is 9.00. The van der Waals surface area contributed by atoms with Gasteiger partial charge in [-0.3, -0.25) is 0 Å².